The third-order valence-corrected chi connectivity index (χ3v) is 5.46. The summed E-state index contributed by atoms with van der Waals surface area (Å²) >= 11 is 3.46. The molecule has 32 heavy (non-hydrogen) atoms. The number of hydrogen-bond acceptors (Lipinski definition) is 4. The zero-order chi connectivity index (χ0) is 22.7. The molecule has 3 aromatic carbocycles. The van der Waals surface area contributed by atoms with E-state index >= 15 is 0 Å². The molecule has 0 bridgehead atoms. The van der Waals surface area contributed by atoms with E-state index in [0.29, 0.717) is 12.4 Å². The van der Waals surface area contributed by atoms with E-state index < -0.39 is 0 Å². The fourth-order valence-electron chi connectivity index (χ4n) is 3.36. The van der Waals surface area contributed by atoms with Crippen molar-refractivity contribution in [1.29, 1.82) is 0 Å². The molecule has 0 spiro atoms. The summed E-state index contributed by atoms with van der Waals surface area (Å²) in [6.45, 7) is 6.51. The van der Waals surface area contributed by atoms with Crippen LogP contribution in [0.2, 0.25) is 0 Å². The van der Waals surface area contributed by atoms with Crippen LogP contribution in [0.15, 0.2) is 71.2 Å². The van der Waals surface area contributed by atoms with Crippen molar-refractivity contribution in [1.82, 2.24) is 14.8 Å². The van der Waals surface area contributed by atoms with E-state index in [2.05, 4.69) is 31.3 Å². The zero-order valence-electron chi connectivity index (χ0n) is 18.1. The molecule has 0 unspecified atom stereocenters. The SMILES string of the molecule is CCOc1ccc(-n2nc(C(=O)Nc3ccc(C)cc3C)nc2-c2ccc(Br)cc2)cc1. The topological polar surface area (TPSA) is 69.0 Å². The number of aryl methyl sites for hydroxylation is 2. The number of carbonyl (C=O) groups is 1. The molecule has 1 N–H and O–H groups in total. The predicted octanol–water partition coefficient (Wildman–Crippen LogP) is 5.96. The molecule has 0 saturated carbocycles. The van der Waals surface area contributed by atoms with Crippen molar-refractivity contribution in [3.8, 4) is 22.8 Å². The van der Waals surface area contributed by atoms with Gasteiger partial charge in [-0.3, -0.25) is 4.79 Å². The van der Waals surface area contributed by atoms with Crippen LogP contribution in [0, 0.1) is 13.8 Å². The lowest BCUT2D eigenvalue weighted by Crippen LogP contribution is -2.15. The second-order valence-corrected chi connectivity index (χ2v) is 8.29. The number of anilines is 1. The molecule has 0 atom stereocenters. The van der Waals surface area contributed by atoms with Gasteiger partial charge in [-0.15, -0.1) is 5.10 Å². The first kappa shape index (κ1) is 21.8. The van der Waals surface area contributed by atoms with E-state index in [0.717, 1.165) is 38.3 Å². The van der Waals surface area contributed by atoms with Gasteiger partial charge in [0, 0.05) is 15.7 Å². The number of ether oxygens (including phenoxy) is 1. The second kappa shape index (κ2) is 9.36. The van der Waals surface area contributed by atoms with Gasteiger partial charge >= 0.3 is 0 Å². The molecule has 162 valence electrons. The van der Waals surface area contributed by atoms with Crippen molar-refractivity contribution in [3.05, 3.63) is 88.2 Å². The number of benzene rings is 3. The monoisotopic (exact) mass is 490 g/mol. The highest BCUT2D eigenvalue weighted by Gasteiger charge is 2.19. The lowest BCUT2D eigenvalue weighted by atomic mass is 10.1. The Morgan fingerprint density at radius 3 is 2.41 bits per heavy atom. The fourth-order valence-corrected chi connectivity index (χ4v) is 3.62. The molecule has 0 aliphatic carbocycles. The van der Waals surface area contributed by atoms with Gasteiger partial charge in [0.05, 0.1) is 12.3 Å². The number of rotatable bonds is 6. The quantitative estimate of drug-likeness (QED) is 0.361. The molecule has 0 fully saturated rings. The lowest BCUT2D eigenvalue weighted by molar-refractivity contribution is 0.101. The van der Waals surface area contributed by atoms with E-state index in [1.165, 1.54) is 0 Å². The van der Waals surface area contributed by atoms with Crippen molar-refractivity contribution < 1.29 is 9.53 Å². The molecule has 1 heterocycles. The largest absolute Gasteiger partial charge is 0.494 e. The number of carbonyl (C=O) groups excluding carboxylic acids is 1. The molecule has 0 radical (unpaired) electrons. The molecule has 4 rings (SSSR count). The Labute approximate surface area is 195 Å². The maximum Gasteiger partial charge on any atom is 0.295 e. The fraction of sp³-hybridized carbons (Fsp3) is 0.160. The minimum absolute atomic E-state index is 0.0942. The highest BCUT2D eigenvalue weighted by molar-refractivity contribution is 9.10. The minimum atomic E-state index is -0.361. The van der Waals surface area contributed by atoms with Gasteiger partial charge in [-0.25, -0.2) is 9.67 Å². The Bertz CT molecular complexity index is 1250. The molecule has 7 heteroatoms. The highest BCUT2D eigenvalue weighted by atomic mass is 79.9. The third-order valence-electron chi connectivity index (χ3n) is 4.94. The van der Waals surface area contributed by atoms with Crippen LogP contribution >= 0.6 is 15.9 Å². The van der Waals surface area contributed by atoms with Gasteiger partial charge in [0.1, 0.15) is 5.75 Å². The number of hydrogen-bond donors (Lipinski definition) is 1. The lowest BCUT2D eigenvalue weighted by Gasteiger charge is -2.08. The number of nitrogens with zero attached hydrogens (tertiary/aromatic N) is 3. The van der Waals surface area contributed by atoms with E-state index in [9.17, 15) is 4.79 Å². The molecule has 0 aliphatic heterocycles. The molecule has 6 nitrogen and oxygen atoms in total. The van der Waals surface area contributed by atoms with Crippen LogP contribution < -0.4 is 10.1 Å². The Hall–Kier alpha value is -3.45. The van der Waals surface area contributed by atoms with E-state index in [4.69, 9.17) is 4.74 Å². The van der Waals surface area contributed by atoms with Crippen LogP contribution in [0.4, 0.5) is 5.69 Å². The van der Waals surface area contributed by atoms with Crippen molar-refractivity contribution in [2.24, 2.45) is 0 Å². The maximum atomic E-state index is 13.0. The maximum absolute atomic E-state index is 13.0. The van der Waals surface area contributed by atoms with Crippen LogP contribution in [0.1, 0.15) is 28.7 Å². The van der Waals surface area contributed by atoms with Crippen molar-refractivity contribution in [2.75, 3.05) is 11.9 Å². The first-order valence-electron chi connectivity index (χ1n) is 10.3. The zero-order valence-corrected chi connectivity index (χ0v) is 19.7. The van der Waals surface area contributed by atoms with E-state index in [-0.39, 0.29) is 11.7 Å². The molecule has 0 saturated heterocycles. The van der Waals surface area contributed by atoms with Crippen LogP contribution in [0.3, 0.4) is 0 Å². The van der Waals surface area contributed by atoms with Crippen molar-refractivity contribution >= 4 is 27.5 Å². The summed E-state index contributed by atoms with van der Waals surface area (Å²) in [4.78, 5) is 17.6. The summed E-state index contributed by atoms with van der Waals surface area (Å²) in [5, 5.41) is 7.47. The van der Waals surface area contributed by atoms with Gasteiger partial charge < -0.3 is 10.1 Å². The first-order valence-corrected chi connectivity index (χ1v) is 11.1. The summed E-state index contributed by atoms with van der Waals surface area (Å²) in [5.41, 5.74) is 4.49. The molecule has 0 aliphatic rings. The van der Waals surface area contributed by atoms with Crippen LogP contribution in [0.5, 0.6) is 5.75 Å². The number of halogens is 1. The molecular weight excluding hydrogens is 468 g/mol. The van der Waals surface area contributed by atoms with Gasteiger partial charge in [-0.1, -0.05) is 45.8 Å². The molecule has 4 aromatic rings. The van der Waals surface area contributed by atoms with Gasteiger partial charge in [-0.2, -0.15) is 0 Å². The van der Waals surface area contributed by atoms with E-state index in [1.807, 2.05) is 87.5 Å². The van der Waals surface area contributed by atoms with Gasteiger partial charge in [0.2, 0.25) is 5.82 Å². The summed E-state index contributed by atoms with van der Waals surface area (Å²) in [6.07, 6.45) is 0. The van der Waals surface area contributed by atoms with Crippen LogP contribution in [-0.2, 0) is 0 Å². The molecule has 1 aromatic heterocycles. The predicted molar refractivity (Wildman–Crippen MR) is 130 cm³/mol. The van der Waals surface area contributed by atoms with Crippen molar-refractivity contribution in [2.45, 2.75) is 20.8 Å². The minimum Gasteiger partial charge on any atom is -0.494 e. The molecule has 1 amide bonds. The highest BCUT2D eigenvalue weighted by Crippen LogP contribution is 2.25. The normalized spacial score (nSPS) is 10.8. The standard InChI is InChI=1S/C25H23BrN4O2/c1-4-32-21-12-10-20(11-13-21)30-24(18-6-8-19(26)9-7-18)28-23(29-30)25(31)27-22-14-5-16(2)15-17(22)3/h5-15H,4H2,1-3H3,(H,27,31). The Balaban J connectivity index is 1.73. The third kappa shape index (κ3) is 4.73. The average Bonchev–Trinajstić information content (AvgIpc) is 3.22. The van der Waals surface area contributed by atoms with Crippen LogP contribution in [0.25, 0.3) is 17.1 Å². The smallest absolute Gasteiger partial charge is 0.295 e. The number of nitrogens with one attached hydrogen (secondary N) is 1. The van der Waals surface area contributed by atoms with Gasteiger partial charge in [-0.05, 0) is 68.8 Å². The summed E-state index contributed by atoms with van der Waals surface area (Å²) in [5.74, 6) is 1.08. The Morgan fingerprint density at radius 2 is 1.75 bits per heavy atom. The Kier molecular flexibility index (Phi) is 6.37. The second-order valence-electron chi connectivity index (χ2n) is 7.38. The van der Waals surface area contributed by atoms with Gasteiger partial charge in [0.25, 0.3) is 5.91 Å². The molecular formula is C25H23BrN4O2. The average molecular weight is 491 g/mol. The number of amides is 1. The first-order chi connectivity index (χ1) is 15.4. The summed E-state index contributed by atoms with van der Waals surface area (Å²) in [7, 11) is 0. The van der Waals surface area contributed by atoms with Crippen molar-refractivity contribution in [3.63, 3.8) is 0 Å². The summed E-state index contributed by atoms with van der Waals surface area (Å²) < 4.78 is 8.18. The van der Waals surface area contributed by atoms with Gasteiger partial charge in [0.15, 0.2) is 5.82 Å². The van der Waals surface area contributed by atoms with E-state index in [1.54, 1.807) is 4.68 Å². The van der Waals surface area contributed by atoms with Crippen LogP contribution in [-0.4, -0.2) is 27.3 Å². The Morgan fingerprint density at radius 1 is 1.03 bits per heavy atom. The number of aromatic nitrogens is 3. The summed E-state index contributed by atoms with van der Waals surface area (Å²) in [6, 6.07) is 21.2.